The second kappa shape index (κ2) is 8.90. The fourth-order valence-corrected chi connectivity index (χ4v) is 2.86. The van der Waals surface area contributed by atoms with Crippen molar-refractivity contribution in [3.63, 3.8) is 0 Å². The van der Waals surface area contributed by atoms with Crippen LogP contribution in [0.5, 0.6) is 5.75 Å². The second-order valence-corrected chi connectivity index (χ2v) is 6.61. The first-order valence-electron chi connectivity index (χ1n) is 6.66. The van der Waals surface area contributed by atoms with E-state index >= 15 is 0 Å². The molecule has 0 aliphatic heterocycles. The molecule has 7 heteroatoms. The number of nitrogens with one attached hydrogen (secondary N) is 1. The average molecular weight is 386 g/mol. The first-order valence-corrected chi connectivity index (χ1v) is 8.44. The predicted octanol–water partition coefficient (Wildman–Crippen LogP) is 4.89. The zero-order chi connectivity index (χ0) is 15.9. The van der Waals surface area contributed by atoms with E-state index in [0.29, 0.717) is 12.3 Å². The highest BCUT2D eigenvalue weighted by Gasteiger charge is 2.27. The van der Waals surface area contributed by atoms with Gasteiger partial charge in [0.1, 0.15) is 5.75 Å². The molecule has 0 aliphatic carbocycles. The first-order chi connectivity index (χ1) is 9.83. The minimum atomic E-state index is -4.20. The number of hydrogen-bond donors (Lipinski definition) is 1. The highest BCUT2D eigenvalue weighted by atomic mass is 79.9. The maximum atomic E-state index is 12.1. The van der Waals surface area contributed by atoms with Gasteiger partial charge in [-0.15, -0.1) is 0 Å². The molecule has 0 saturated heterocycles. The van der Waals surface area contributed by atoms with Crippen LogP contribution in [0.25, 0.3) is 0 Å². The molecule has 1 rings (SSSR count). The van der Waals surface area contributed by atoms with Crippen molar-refractivity contribution in [1.29, 1.82) is 0 Å². The van der Waals surface area contributed by atoms with E-state index in [0.717, 1.165) is 28.6 Å². The molecule has 21 heavy (non-hydrogen) atoms. The Morgan fingerprint density at radius 1 is 1.33 bits per heavy atom. The summed E-state index contributed by atoms with van der Waals surface area (Å²) in [7, 11) is 0. The van der Waals surface area contributed by atoms with Gasteiger partial charge in [-0.1, -0.05) is 22.9 Å². The van der Waals surface area contributed by atoms with E-state index in [9.17, 15) is 13.2 Å². The Morgan fingerprint density at radius 3 is 2.67 bits per heavy atom. The van der Waals surface area contributed by atoms with Crippen LogP contribution in [0.1, 0.15) is 24.5 Å². The van der Waals surface area contributed by atoms with Gasteiger partial charge in [0, 0.05) is 22.3 Å². The molecule has 1 aromatic carbocycles. The molecule has 0 fully saturated rings. The number of aryl methyl sites for hydroxylation is 1. The molecule has 0 spiro atoms. The standard InChI is InChI=1S/C14H19BrF3NOS/c1-3-4-19-9-11-8-12(15)7-10(2)13(11)20-5-6-21-14(16,17)18/h7-8,19H,3-6,9H2,1-2H3. The third-order valence-electron chi connectivity index (χ3n) is 2.65. The number of rotatable bonds is 8. The summed E-state index contributed by atoms with van der Waals surface area (Å²) in [5, 5.41) is 3.27. The van der Waals surface area contributed by atoms with Gasteiger partial charge in [0.05, 0.1) is 6.61 Å². The smallest absolute Gasteiger partial charge is 0.441 e. The molecule has 1 N–H and O–H groups in total. The molecule has 1 aromatic rings. The molecular formula is C14H19BrF3NOS. The maximum Gasteiger partial charge on any atom is 0.441 e. The Hall–Kier alpha value is -0.400. The van der Waals surface area contributed by atoms with Gasteiger partial charge in [-0.3, -0.25) is 0 Å². The van der Waals surface area contributed by atoms with E-state index in [1.807, 2.05) is 19.1 Å². The van der Waals surface area contributed by atoms with Crippen LogP contribution < -0.4 is 10.1 Å². The van der Waals surface area contributed by atoms with Crippen LogP contribution in [-0.4, -0.2) is 24.4 Å². The summed E-state index contributed by atoms with van der Waals surface area (Å²) in [6, 6.07) is 3.83. The Morgan fingerprint density at radius 2 is 2.05 bits per heavy atom. The summed E-state index contributed by atoms with van der Waals surface area (Å²) >= 11 is 3.37. The molecule has 0 bridgehead atoms. The third-order valence-corrected chi connectivity index (χ3v) is 3.81. The van der Waals surface area contributed by atoms with E-state index in [2.05, 4.69) is 28.2 Å². The van der Waals surface area contributed by atoms with E-state index in [1.165, 1.54) is 0 Å². The number of hydrogen-bond acceptors (Lipinski definition) is 3. The van der Waals surface area contributed by atoms with Crippen molar-refractivity contribution in [3.05, 3.63) is 27.7 Å². The number of ether oxygens (including phenoxy) is 1. The topological polar surface area (TPSA) is 21.3 Å². The molecule has 0 aromatic heterocycles. The average Bonchev–Trinajstić information content (AvgIpc) is 2.35. The normalized spacial score (nSPS) is 11.7. The molecule has 0 atom stereocenters. The van der Waals surface area contributed by atoms with Crippen molar-refractivity contribution in [1.82, 2.24) is 5.32 Å². The first kappa shape index (κ1) is 18.6. The number of halogens is 4. The number of alkyl halides is 3. The summed E-state index contributed by atoms with van der Waals surface area (Å²) < 4.78 is 42.8. The van der Waals surface area contributed by atoms with Gasteiger partial charge in [0.2, 0.25) is 0 Å². The maximum absolute atomic E-state index is 12.1. The summed E-state index contributed by atoms with van der Waals surface area (Å²) in [6.45, 7) is 5.52. The molecule has 0 amide bonds. The largest absolute Gasteiger partial charge is 0.492 e. The van der Waals surface area contributed by atoms with Crippen molar-refractivity contribution >= 4 is 27.7 Å². The SMILES string of the molecule is CCCNCc1cc(Br)cc(C)c1OCCSC(F)(F)F. The number of thioether (sulfide) groups is 1. The summed E-state index contributed by atoms with van der Waals surface area (Å²) in [5.41, 5.74) is -2.34. The van der Waals surface area contributed by atoms with Crippen LogP contribution in [0.15, 0.2) is 16.6 Å². The van der Waals surface area contributed by atoms with Gasteiger partial charge < -0.3 is 10.1 Å². The van der Waals surface area contributed by atoms with Crippen LogP contribution in [0.4, 0.5) is 13.2 Å². The van der Waals surface area contributed by atoms with Crippen LogP contribution in [-0.2, 0) is 6.54 Å². The van der Waals surface area contributed by atoms with E-state index in [1.54, 1.807) is 0 Å². The summed E-state index contributed by atoms with van der Waals surface area (Å²) in [5.74, 6) is 0.561. The van der Waals surface area contributed by atoms with Gasteiger partial charge >= 0.3 is 5.51 Å². The lowest BCUT2D eigenvalue weighted by Crippen LogP contribution is -2.16. The van der Waals surface area contributed by atoms with Gasteiger partial charge in [0.15, 0.2) is 0 Å². The molecule has 0 saturated carbocycles. The van der Waals surface area contributed by atoms with Crippen LogP contribution in [0.2, 0.25) is 0 Å². The van der Waals surface area contributed by atoms with Crippen LogP contribution >= 0.6 is 27.7 Å². The predicted molar refractivity (Wildman–Crippen MR) is 84.9 cm³/mol. The quantitative estimate of drug-likeness (QED) is 0.643. The fourth-order valence-electron chi connectivity index (χ4n) is 1.84. The Labute approximate surface area is 136 Å². The van der Waals surface area contributed by atoms with E-state index < -0.39 is 5.51 Å². The molecule has 0 aliphatic rings. The number of benzene rings is 1. The Bertz CT molecular complexity index is 455. The molecule has 0 radical (unpaired) electrons. The monoisotopic (exact) mass is 385 g/mol. The van der Waals surface area contributed by atoms with Crippen molar-refractivity contribution in [3.8, 4) is 5.75 Å². The minimum absolute atomic E-state index is 0.0351. The molecule has 2 nitrogen and oxygen atoms in total. The Kier molecular flexibility index (Phi) is 7.90. The Balaban J connectivity index is 2.65. The zero-order valence-electron chi connectivity index (χ0n) is 12.0. The van der Waals surface area contributed by atoms with Gasteiger partial charge in [-0.2, -0.15) is 13.2 Å². The van der Waals surface area contributed by atoms with Crippen LogP contribution in [0.3, 0.4) is 0 Å². The zero-order valence-corrected chi connectivity index (χ0v) is 14.4. The summed E-state index contributed by atoms with van der Waals surface area (Å²) in [4.78, 5) is 0. The fraction of sp³-hybridized carbons (Fsp3) is 0.571. The molecule has 0 heterocycles. The molecule has 120 valence electrons. The van der Waals surface area contributed by atoms with Crippen LogP contribution in [0, 0.1) is 6.92 Å². The lowest BCUT2D eigenvalue weighted by molar-refractivity contribution is -0.0329. The van der Waals surface area contributed by atoms with Gasteiger partial charge in [-0.25, -0.2) is 0 Å². The summed E-state index contributed by atoms with van der Waals surface area (Å²) in [6.07, 6.45) is 1.02. The lowest BCUT2D eigenvalue weighted by atomic mass is 10.1. The van der Waals surface area contributed by atoms with Crippen molar-refractivity contribution in [2.45, 2.75) is 32.3 Å². The molecule has 0 unspecified atom stereocenters. The molecular weight excluding hydrogens is 367 g/mol. The minimum Gasteiger partial charge on any atom is -0.492 e. The van der Waals surface area contributed by atoms with Crippen molar-refractivity contribution in [2.75, 3.05) is 18.9 Å². The van der Waals surface area contributed by atoms with Crippen molar-refractivity contribution < 1.29 is 17.9 Å². The highest BCUT2D eigenvalue weighted by Crippen LogP contribution is 2.31. The lowest BCUT2D eigenvalue weighted by Gasteiger charge is -2.16. The van der Waals surface area contributed by atoms with E-state index in [-0.39, 0.29) is 24.1 Å². The highest BCUT2D eigenvalue weighted by molar-refractivity contribution is 9.10. The van der Waals surface area contributed by atoms with Gasteiger partial charge in [-0.05, 0) is 49.3 Å². The second-order valence-electron chi connectivity index (χ2n) is 4.53. The van der Waals surface area contributed by atoms with Gasteiger partial charge in [0.25, 0.3) is 0 Å². The third kappa shape index (κ3) is 7.42. The van der Waals surface area contributed by atoms with E-state index in [4.69, 9.17) is 4.74 Å². The van der Waals surface area contributed by atoms with Crippen molar-refractivity contribution in [2.24, 2.45) is 0 Å².